The number of thioether (sulfide) groups is 1. The first kappa shape index (κ1) is 19.6. The van der Waals surface area contributed by atoms with Crippen LogP contribution in [0.3, 0.4) is 0 Å². The highest BCUT2D eigenvalue weighted by Crippen LogP contribution is 2.20. The van der Waals surface area contributed by atoms with Gasteiger partial charge in [0.2, 0.25) is 11.8 Å². The second kappa shape index (κ2) is 8.66. The quantitative estimate of drug-likeness (QED) is 0.365. The molecule has 0 spiro atoms. The molecule has 1 aromatic heterocycles. The summed E-state index contributed by atoms with van der Waals surface area (Å²) in [6, 6.07) is 11.9. The Morgan fingerprint density at radius 2 is 2.00 bits per heavy atom. The van der Waals surface area contributed by atoms with E-state index in [0.717, 1.165) is 17.3 Å². The molecule has 0 saturated heterocycles. The Balaban J connectivity index is 1.53. The molecule has 1 amide bonds. The van der Waals surface area contributed by atoms with Crippen LogP contribution in [0.2, 0.25) is 0 Å². The molecule has 0 radical (unpaired) electrons. The van der Waals surface area contributed by atoms with Crippen molar-refractivity contribution in [2.75, 3.05) is 11.1 Å². The fourth-order valence-corrected chi connectivity index (χ4v) is 3.06. The number of carbonyl (C=O) groups is 1. The SMILES string of the molecule is Cc1ccc(Cc2nnc(SCC(=O)Nc3cccc([N+](=O)[O-])c3)o2)cc1C. The Hall–Kier alpha value is -3.20. The smallest absolute Gasteiger partial charge is 0.277 e. The van der Waals surface area contributed by atoms with E-state index in [-0.39, 0.29) is 17.3 Å². The number of nitro groups is 1. The molecule has 144 valence electrons. The molecule has 1 heterocycles. The monoisotopic (exact) mass is 398 g/mol. The fourth-order valence-electron chi connectivity index (χ4n) is 2.48. The zero-order chi connectivity index (χ0) is 20.1. The lowest BCUT2D eigenvalue weighted by molar-refractivity contribution is -0.384. The van der Waals surface area contributed by atoms with Gasteiger partial charge >= 0.3 is 0 Å². The first-order chi connectivity index (χ1) is 13.4. The van der Waals surface area contributed by atoms with E-state index < -0.39 is 4.92 Å². The van der Waals surface area contributed by atoms with E-state index in [1.165, 1.54) is 29.3 Å². The van der Waals surface area contributed by atoms with Crippen LogP contribution < -0.4 is 5.32 Å². The Kier molecular flexibility index (Phi) is 6.05. The van der Waals surface area contributed by atoms with Crippen LogP contribution >= 0.6 is 11.8 Å². The molecule has 2 aromatic carbocycles. The normalized spacial score (nSPS) is 10.6. The van der Waals surface area contributed by atoms with E-state index in [4.69, 9.17) is 4.42 Å². The van der Waals surface area contributed by atoms with E-state index in [0.29, 0.717) is 23.2 Å². The van der Waals surface area contributed by atoms with Gasteiger partial charge in [-0.2, -0.15) is 0 Å². The largest absolute Gasteiger partial charge is 0.416 e. The van der Waals surface area contributed by atoms with Gasteiger partial charge < -0.3 is 9.73 Å². The summed E-state index contributed by atoms with van der Waals surface area (Å²) in [4.78, 5) is 22.3. The van der Waals surface area contributed by atoms with Crippen molar-refractivity contribution in [3.63, 3.8) is 0 Å². The minimum atomic E-state index is -0.514. The number of anilines is 1. The van der Waals surface area contributed by atoms with Gasteiger partial charge in [-0.3, -0.25) is 14.9 Å². The van der Waals surface area contributed by atoms with Crippen LogP contribution in [0.1, 0.15) is 22.6 Å². The molecule has 1 N–H and O–H groups in total. The fraction of sp³-hybridized carbons (Fsp3) is 0.211. The van der Waals surface area contributed by atoms with Crippen molar-refractivity contribution in [3.05, 3.63) is 75.2 Å². The number of benzene rings is 2. The summed E-state index contributed by atoms with van der Waals surface area (Å²) in [5, 5.41) is 21.6. The number of aromatic nitrogens is 2. The van der Waals surface area contributed by atoms with Crippen molar-refractivity contribution in [1.82, 2.24) is 10.2 Å². The van der Waals surface area contributed by atoms with Crippen LogP contribution in [0.5, 0.6) is 0 Å². The average Bonchev–Trinajstić information content (AvgIpc) is 3.11. The molecular formula is C19H18N4O4S. The number of nitrogens with zero attached hydrogens (tertiary/aromatic N) is 3. The molecule has 0 bridgehead atoms. The van der Waals surface area contributed by atoms with E-state index in [2.05, 4.69) is 34.6 Å². The maximum atomic E-state index is 12.0. The Morgan fingerprint density at radius 1 is 1.18 bits per heavy atom. The molecule has 0 aliphatic carbocycles. The van der Waals surface area contributed by atoms with E-state index in [9.17, 15) is 14.9 Å². The summed E-state index contributed by atoms with van der Waals surface area (Å²) in [6.45, 7) is 4.10. The predicted octanol–water partition coefficient (Wildman–Crippen LogP) is 3.92. The van der Waals surface area contributed by atoms with Gasteiger partial charge in [-0.15, -0.1) is 10.2 Å². The van der Waals surface area contributed by atoms with Crippen molar-refractivity contribution in [2.24, 2.45) is 0 Å². The van der Waals surface area contributed by atoms with E-state index in [1.807, 2.05) is 13.0 Å². The van der Waals surface area contributed by atoms with Crippen LogP contribution in [-0.4, -0.2) is 26.8 Å². The van der Waals surface area contributed by atoms with Crippen molar-refractivity contribution in [2.45, 2.75) is 25.5 Å². The molecule has 8 nitrogen and oxygen atoms in total. The summed E-state index contributed by atoms with van der Waals surface area (Å²) >= 11 is 1.11. The number of hydrogen-bond donors (Lipinski definition) is 1. The lowest BCUT2D eigenvalue weighted by Crippen LogP contribution is -2.14. The van der Waals surface area contributed by atoms with Gasteiger partial charge in [-0.05, 0) is 36.6 Å². The topological polar surface area (TPSA) is 111 Å². The number of aryl methyl sites for hydroxylation is 2. The first-order valence-electron chi connectivity index (χ1n) is 8.46. The zero-order valence-electron chi connectivity index (χ0n) is 15.3. The van der Waals surface area contributed by atoms with Gasteiger partial charge in [0.05, 0.1) is 17.1 Å². The average molecular weight is 398 g/mol. The van der Waals surface area contributed by atoms with Crippen LogP contribution in [0.15, 0.2) is 52.1 Å². The van der Waals surface area contributed by atoms with Crippen molar-refractivity contribution < 1.29 is 14.1 Å². The van der Waals surface area contributed by atoms with Crippen LogP contribution in [-0.2, 0) is 11.2 Å². The third-order valence-corrected chi connectivity index (χ3v) is 4.86. The molecule has 0 saturated carbocycles. The maximum absolute atomic E-state index is 12.0. The molecule has 0 unspecified atom stereocenters. The number of non-ortho nitro benzene ring substituents is 1. The molecule has 3 aromatic rings. The number of hydrogen-bond acceptors (Lipinski definition) is 7. The first-order valence-corrected chi connectivity index (χ1v) is 9.45. The molecule has 3 rings (SSSR count). The van der Waals surface area contributed by atoms with Crippen LogP contribution in [0.4, 0.5) is 11.4 Å². The van der Waals surface area contributed by atoms with Crippen molar-refractivity contribution in [3.8, 4) is 0 Å². The second-order valence-electron chi connectivity index (χ2n) is 6.20. The van der Waals surface area contributed by atoms with Gasteiger partial charge in [0, 0.05) is 17.8 Å². The standard InChI is InChI=1S/C19H18N4O4S/c1-12-6-7-14(8-13(12)2)9-18-21-22-19(27-18)28-11-17(24)20-15-4-3-5-16(10-15)23(25)26/h3-8,10H,9,11H2,1-2H3,(H,20,24). The van der Waals surface area contributed by atoms with Crippen LogP contribution in [0.25, 0.3) is 0 Å². The minimum Gasteiger partial charge on any atom is -0.416 e. The third kappa shape index (κ3) is 5.17. The number of nitro benzene ring substituents is 1. The Morgan fingerprint density at radius 3 is 2.75 bits per heavy atom. The van der Waals surface area contributed by atoms with E-state index >= 15 is 0 Å². The second-order valence-corrected chi connectivity index (χ2v) is 7.13. The van der Waals surface area contributed by atoms with Crippen molar-refractivity contribution >= 4 is 29.0 Å². The maximum Gasteiger partial charge on any atom is 0.277 e. The summed E-state index contributed by atoms with van der Waals surface area (Å²) in [7, 11) is 0. The van der Waals surface area contributed by atoms with Crippen LogP contribution in [0, 0.1) is 24.0 Å². The number of rotatable bonds is 7. The van der Waals surface area contributed by atoms with E-state index in [1.54, 1.807) is 6.07 Å². The number of nitrogens with one attached hydrogen (secondary N) is 1. The highest BCUT2D eigenvalue weighted by atomic mass is 32.2. The summed E-state index contributed by atoms with van der Waals surface area (Å²) < 4.78 is 5.58. The Labute approximate surface area is 165 Å². The highest BCUT2D eigenvalue weighted by molar-refractivity contribution is 7.99. The number of carbonyl (C=O) groups excluding carboxylic acids is 1. The van der Waals surface area contributed by atoms with Gasteiger partial charge in [-0.1, -0.05) is 36.0 Å². The zero-order valence-corrected chi connectivity index (χ0v) is 16.2. The highest BCUT2D eigenvalue weighted by Gasteiger charge is 2.12. The summed E-state index contributed by atoms with van der Waals surface area (Å²) in [5.74, 6) is 0.206. The predicted molar refractivity (Wildman–Crippen MR) is 105 cm³/mol. The molecule has 0 fully saturated rings. The number of amides is 1. The van der Waals surface area contributed by atoms with Crippen molar-refractivity contribution in [1.29, 1.82) is 0 Å². The van der Waals surface area contributed by atoms with Gasteiger partial charge in [-0.25, -0.2) is 0 Å². The lowest BCUT2D eigenvalue weighted by Gasteiger charge is -2.03. The lowest BCUT2D eigenvalue weighted by atomic mass is 10.0. The summed E-state index contributed by atoms with van der Waals surface area (Å²) in [5.41, 5.74) is 3.77. The Bertz CT molecular complexity index is 1020. The molecule has 9 heteroatoms. The molecule has 28 heavy (non-hydrogen) atoms. The third-order valence-electron chi connectivity index (χ3n) is 4.04. The van der Waals surface area contributed by atoms with Gasteiger partial charge in [0.1, 0.15) is 0 Å². The van der Waals surface area contributed by atoms with Gasteiger partial charge in [0.25, 0.3) is 10.9 Å². The van der Waals surface area contributed by atoms with Gasteiger partial charge in [0.15, 0.2) is 0 Å². The molecule has 0 aliphatic rings. The molecule has 0 atom stereocenters. The molecule has 0 aliphatic heterocycles. The molecular weight excluding hydrogens is 380 g/mol. The summed E-state index contributed by atoms with van der Waals surface area (Å²) in [6.07, 6.45) is 0.522. The minimum absolute atomic E-state index is 0.0496.